The molecule has 1 atom stereocenters. The zero-order chi connectivity index (χ0) is 14.0. The number of hydrogen-bond donors (Lipinski definition) is 2. The van der Waals surface area contributed by atoms with Crippen molar-refractivity contribution in [3.63, 3.8) is 0 Å². The third-order valence-corrected chi connectivity index (χ3v) is 3.56. The maximum Gasteiger partial charge on any atom is 0.161 e. The van der Waals surface area contributed by atoms with Crippen molar-refractivity contribution in [1.82, 2.24) is 15.2 Å². The van der Waals surface area contributed by atoms with Crippen molar-refractivity contribution < 1.29 is 4.74 Å². The number of hydrazine groups is 1. The van der Waals surface area contributed by atoms with Crippen molar-refractivity contribution in [3.05, 3.63) is 45.7 Å². The molecule has 1 unspecified atom stereocenters. The van der Waals surface area contributed by atoms with E-state index in [0.717, 1.165) is 5.69 Å². The van der Waals surface area contributed by atoms with E-state index in [1.54, 1.807) is 43.2 Å². The van der Waals surface area contributed by atoms with Crippen molar-refractivity contribution >= 4 is 23.2 Å². The minimum Gasteiger partial charge on any atom is -0.493 e. The third kappa shape index (κ3) is 2.55. The first kappa shape index (κ1) is 14.1. The van der Waals surface area contributed by atoms with E-state index in [1.807, 2.05) is 0 Å². The molecule has 7 heteroatoms. The fourth-order valence-corrected chi connectivity index (χ4v) is 2.61. The Hall–Kier alpha value is -1.27. The lowest BCUT2D eigenvalue weighted by molar-refractivity contribution is 0.401. The van der Waals surface area contributed by atoms with Gasteiger partial charge in [-0.3, -0.25) is 10.5 Å². The van der Waals surface area contributed by atoms with Crippen LogP contribution in [0.5, 0.6) is 5.75 Å². The van der Waals surface area contributed by atoms with Gasteiger partial charge in [-0.25, -0.2) is 5.43 Å². The lowest BCUT2D eigenvalue weighted by atomic mass is 10.0. The number of benzene rings is 1. The Balaban J connectivity index is 2.59. The first-order chi connectivity index (χ1) is 9.10. The molecule has 0 saturated heterocycles. The lowest BCUT2D eigenvalue weighted by Gasteiger charge is -2.20. The van der Waals surface area contributed by atoms with E-state index < -0.39 is 6.04 Å². The summed E-state index contributed by atoms with van der Waals surface area (Å²) in [5.74, 6) is 6.27. The van der Waals surface area contributed by atoms with Crippen molar-refractivity contribution in [3.8, 4) is 5.75 Å². The molecule has 1 heterocycles. The highest BCUT2D eigenvalue weighted by atomic mass is 35.5. The molecule has 0 aliphatic heterocycles. The van der Waals surface area contributed by atoms with Crippen molar-refractivity contribution in [1.29, 1.82) is 0 Å². The van der Waals surface area contributed by atoms with Gasteiger partial charge in [0.25, 0.3) is 0 Å². The number of rotatable bonds is 4. The Labute approximate surface area is 121 Å². The standard InChI is InChI=1S/C12H14Cl2N4O/c1-18-12(9(19-2)6-16-18)11(17-15)10-7(13)4-3-5-8(10)14/h3-6,11,17H,15H2,1-2H3. The van der Waals surface area contributed by atoms with Crippen LogP contribution in [0.15, 0.2) is 24.4 Å². The first-order valence-corrected chi connectivity index (χ1v) is 6.31. The van der Waals surface area contributed by atoms with Gasteiger partial charge in [-0.1, -0.05) is 29.3 Å². The fraction of sp³-hybridized carbons (Fsp3) is 0.250. The quantitative estimate of drug-likeness (QED) is 0.672. The van der Waals surface area contributed by atoms with Crippen LogP contribution in [0, 0.1) is 0 Å². The third-order valence-electron chi connectivity index (χ3n) is 2.90. The Morgan fingerprint density at radius 1 is 1.37 bits per heavy atom. The summed E-state index contributed by atoms with van der Waals surface area (Å²) in [6.07, 6.45) is 1.62. The van der Waals surface area contributed by atoms with Gasteiger partial charge in [-0.15, -0.1) is 0 Å². The second-order valence-electron chi connectivity index (χ2n) is 3.96. The lowest BCUT2D eigenvalue weighted by Crippen LogP contribution is -2.31. The number of ether oxygens (including phenoxy) is 1. The number of nitrogens with two attached hydrogens (primary N) is 1. The Bertz CT molecular complexity index is 565. The maximum atomic E-state index is 6.22. The molecule has 102 valence electrons. The van der Waals surface area contributed by atoms with Crippen LogP contribution in [0.25, 0.3) is 0 Å². The van der Waals surface area contributed by atoms with Crippen LogP contribution in [0.3, 0.4) is 0 Å². The topological polar surface area (TPSA) is 65.1 Å². The van der Waals surface area contributed by atoms with Gasteiger partial charge in [0.2, 0.25) is 0 Å². The van der Waals surface area contributed by atoms with Gasteiger partial charge >= 0.3 is 0 Å². The normalized spacial score (nSPS) is 12.5. The minimum atomic E-state index is -0.413. The molecule has 5 nitrogen and oxygen atoms in total. The van der Waals surface area contributed by atoms with Gasteiger partial charge in [-0.2, -0.15) is 5.10 Å². The van der Waals surface area contributed by atoms with E-state index in [0.29, 0.717) is 21.4 Å². The van der Waals surface area contributed by atoms with Gasteiger partial charge in [-0.05, 0) is 12.1 Å². The second kappa shape index (κ2) is 5.79. The van der Waals surface area contributed by atoms with E-state index in [4.69, 9.17) is 33.8 Å². The van der Waals surface area contributed by atoms with Gasteiger partial charge in [0.05, 0.1) is 19.3 Å². The zero-order valence-corrected chi connectivity index (χ0v) is 12.0. The molecular formula is C12H14Cl2N4O. The maximum absolute atomic E-state index is 6.22. The van der Waals surface area contributed by atoms with E-state index in [1.165, 1.54) is 0 Å². The van der Waals surface area contributed by atoms with Crippen molar-refractivity contribution in [2.45, 2.75) is 6.04 Å². The van der Waals surface area contributed by atoms with E-state index in [9.17, 15) is 0 Å². The Morgan fingerprint density at radius 2 is 2.00 bits per heavy atom. The molecule has 0 fully saturated rings. The summed E-state index contributed by atoms with van der Waals surface area (Å²) in [4.78, 5) is 0. The molecule has 0 amide bonds. The number of aryl methyl sites for hydroxylation is 1. The van der Waals surface area contributed by atoms with Gasteiger partial charge in [0, 0.05) is 22.7 Å². The number of methoxy groups -OCH3 is 1. The summed E-state index contributed by atoms with van der Waals surface area (Å²) in [6.45, 7) is 0. The summed E-state index contributed by atoms with van der Waals surface area (Å²) < 4.78 is 6.95. The van der Waals surface area contributed by atoms with Crippen molar-refractivity contribution in [2.24, 2.45) is 12.9 Å². The summed E-state index contributed by atoms with van der Waals surface area (Å²) in [5, 5.41) is 5.20. The van der Waals surface area contributed by atoms with Crippen molar-refractivity contribution in [2.75, 3.05) is 7.11 Å². The van der Waals surface area contributed by atoms with Crippen LogP contribution >= 0.6 is 23.2 Å². The molecule has 19 heavy (non-hydrogen) atoms. The van der Waals surface area contributed by atoms with Crippen LogP contribution in [0.1, 0.15) is 17.3 Å². The molecule has 1 aromatic heterocycles. The fourth-order valence-electron chi connectivity index (χ4n) is 2.00. The Morgan fingerprint density at radius 3 is 2.53 bits per heavy atom. The van der Waals surface area contributed by atoms with Crippen LogP contribution in [-0.2, 0) is 7.05 Å². The molecular weight excluding hydrogens is 287 g/mol. The monoisotopic (exact) mass is 300 g/mol. The number of halogens is 2. The number of hydrogen-bond acceptors (Lipinski definition) is 4. The number of aromatic nitrogens is 2. The second-order valence-corrected chi connectivity index (χ2v) is 4.77. The molecule has 0 spiro atoms. The smallest absolute Gasteiger partial charge is 0.161 e. The average Bonchev–Trinajstić information content (AvgIpc) is 2.75. The first-order valence-electron chi connectivity index (χ1n) is 5.56. The summed E-state index contributed by atoms with van der Waals surface area (Å²) in [6, 6.07) is 4.89. The molecule has 0 saturated carbocycles. The molecule has 2 rings (SSSR count). The summed E-state index contributed by atoms with van der Waals surface area (Å²) >= 11 is 12.4. The van der Waals surface area contributed by atoms with E-state index in [2.05, 4.69) is 10.5 Å². The van der Waals surface area contributed by atoms with E-state index in [-0.39, 0.29) is 0 Å². The molecule has 2 aromatic rings. The molecule has 0 bridgehead atoms. The van der Waals surface area contributed by atoms with E-state index >= 15 is 0 Å². The highest BCUT2D eigenvalue weighted by Gasteiger charge is 2.25. The SMILES string of the molecule is COc1cnn(C)c1C(NN)c1c(Cl)cccc1Cl. The predicted octanol–water partition coefficient (Wildman–Crippen LogP) is 2.29. The molecule has 3 N–H and O–H groups in total. The molecule has 0 aliphatic carbocycles. The molecule has 0 aliphatic rings. The highest BCUT2D eigenvalue weighted by molar-refractivity contribution is 6.36. The average molecular weight is 301 g/mol. The number of nitrogens with one attached hydrogen (secondary N) is 1. The Kier molecular flexibility index (Phi) is 4.31. The van der Waals surface area contributed by atoms with Gasteiger partial charge in [0.1, 0.15) is 5.69 Å². The van der Waals surface area contributed by atoms with Crippen LogP contribution < -0.4 is 16.0 Å². The largest absolute Gasteiger partial charge is 0.493 e. The molecule has 1 aromatic carbocycles. The van der Waals surface area contributed by atoms with Crippen LogP contribution in [0.2, 0.25) is 10.0 Å². The van der Waals surface area contributed by atoms with Crippen LogP contribution in [-0.4, -0.2) is 16.9 Å². The van der Waals surface area contributed by atoms with Gasteiger partial charge < -0.3 is 4.74 Å². The summed E-state index contributed by atoms with van der Waals surface area (Å²) in [7, 11) is 3.37. The van der Waals surface area contributed by atoms with Crippen LogP contribution in [0.4, 0.5) is 0 Å². The minimum absolute atomic E-state index is 0.413. The molecule has 0 radical (unpaired) electrons. The summed E-state index contributed by atoms with van der Waals surface area (Å²) in [5.41, 5.74) is 4.15. The number of nitrogens with zero attached hydrogens (tertiary/aromatic N) is 2. The zero-order valence-electron chi connectivity index (χ0n) is 10.5. The highest BCUT2D eigenvalue weighted by Crippen LogP contribution is 2.36. The van der Waals surface area contributed by atoms with Gasteiger partial charge in [0.15, 0.2) is 5.75 Å². The predicted molar refractivity (Wildman–Crippen MR) is 75.4 cm³/mol.